The fraction of sp³-hybridized carbons (Fsp3) is 1.00. The SMILES string of the molecule is CCCCCCC1OCC1NC. The molecule has 0 radical (unpaired) electrons. The molecule has 0 saturated carbocycles. The average molecular weight is 171 g/mol. The second-order valence-corrected chi connectivity index (χ2v) is 3.62. The molecule has 0 aromatic carbocycles. The quantitative estimate of drug-likeness (QED) is 0.617. The molecule has 0 amide bonds. The Balaban J connectivity index is 1.93. The van der Waals surface area contributed by atoms with Crippen LogP contribution in [0.1, 0.15) is 39.0 Å². The van der Waals surface area contributed by atoms with Crippen LogP contribution in [0.25, 0.3) is 0 Å². The van der Waals surface area contributed by atoms with E-state index in [9.17, 15) is 0 Å². The van der Waals surface area contributed by atoms with Gasteiger partial charge in [-0.25, -0.2) is 0 Å². The van der Waals surface area contributed by atoms with Gasteiger partial charge in [0.25, 0.3) is 0 Å². The van der Waals surface area contributed by atoms with Crippen molar-refractivity contribution < 1.29 is 4.74 Å². The third-order valence-electron chi connectivity index (χ3n) is 2.65. The predicted molar refractivity (Wildman–Crippen MR) is 51.3 cm³/mol. The van der Waals surface area contributed by atoms with Crippen LogP contribution in [-0.2, 0) is 4.74 Å². The van der Waals surface area contributed by atoms with Crippen LogP contribution < -0.4 is 5.32 Å². The fourth-order valence-electron chi connectivity index (χ4n) is 1.65. The summed E-state index contributed by atoms with van der Waals surface area (Å²) in [7, 11) is 2.02. The van der Waals surface area contributed by atoms with Crippen LogP contribution in [0.4, 0.5) is 0 Å². The van der Waals surface area contributed by atoms with E-state index >= 15 is 0 Å². The highest BCUT2D eigenvalue weighted by atomic mass is 16.5. The van der Waals surface area contributed by atoms with Crippen molar-refractivity contribution in [1.82, 2.24) is 5.32 Å². The van der Waals surface area contributed by atoms with Crippen LogP contribution in [0, 0.1) is 0 Å². The van der Waals surface area contributed by atoms with Crippen LogP contribution >= 0.6 is 0 Å². The Morgan fingerprint density at radius 3 is 2.67 bits per heavy atom. The van der Waals surface area contributed by atoms with Crippen molar-refractivity contribution in [1.29, 1.82) is 0 Å². The van der Waals surface area contributed by atoms with Crippen molar-refractivity contribution >= 4 is 0 Å². The maximum atomic E-state index is 5.45. The van der Waals surface area contributed by atoms with Gasteiger partial charge in [-0.3, -0.25) is 0 Å². The van der Waals surface area contributed by atoms with Crippen LogP contribution in [-0.4, -0.2) is 25.8 Å². The van der Waals surface area contributed by atoms with E-state index in [4.69, 9.17) is 4.74 Å². The topological polar surface area (TPSA) is 21.3 Å². The summed E-state index contributed by atoms with van der Waals surface area (Å²) in [5.74, 6) is 0. The smallest absolute Gasteiger partial charge is 0.0751 e. The molecule has 0 bridgehead atoms. The summed E-state index contributed by atoms with van der Waals surface area (Å²) in [6.07, 6.45) is 7.14. The molecule has 0 aliphatic carbocycles. The summed E-state index contributed by atoms with van der Waals surface area (Å²) in [4.78, 5) is 0. The van der Waals surface area contributed by atoms with E-state index in [1.54, 1.807) is 0 Å². The first-order valence-corrected chi connectivity index (χ1v) is 5.17. The standard InChI is InChI=1S/C10H21NO/c1-3-4-5-6-7-10-9(11-2)8-12-10/h9-11H,3-8H2,1-2H3. The van der Waals surface area contributed by atoms with E-state index < -0.39 is 0 Å². The molecular weight excluding hydrogens is 150 g/mol. The number of nitrogens with one attached hydrogen (secondary N) is 1. The molecule has 2 unspecified atom stereocenters. The van der Waals surface area contributed by atoms with Crippen LogP contribution in [0.5, 0.6) is 0 Å². The van der Waals surface area contributed by atoms with Crippen molar-refractivity contribution in [2.24, 2.45) is 0 Å². The minimum Gasteiger partial charge on any atom is -0.375 e. The molecule has 1 fully saturated rings. The Hall–Kier alpha value is -0.0800. The second-order valence-electron chi connectivity index (χ2n) is 3.62. The van der Waals surface area contributed by atoms with Gasteiger partial charge in [-0.15, -0.1) is 0 Å². The van der Waals surface area contributed by atoms with Gasteiger partial charge in [0.2, 0.25) is 0 Å². The Morgan fingerprint density at radius 1 is 1.33 bits per heavy atom. The zero-order valence-electron chi connectivity index (χ0n) is 8.31. The number of likely N-dealkylation sites (N-methyl/N-ethyl adjacent to an activating group) is 1. The van der Waals surface area contributed by atoms with Gasteiger partial charge in [-0.2, -0.15) is 0 Å². The van der Waals surface area contributed by atoms with Gasteiger partial charge in [0.15, 0.2) is 0 Å². The first kappa shape index (κ1) is 10.0. The minimum atomic E-state index is 0.506. The lowest BCUT2D eigenvalue weighted by atomic mass is 10.00. The first-order valence-electron chi connectivity index (χ1n) is 5.17. The van der Waals surface area contributed by atoms with Crippen LogP contribution in [0.3, 0.4) is 0 Å². The Bertz CT molecular complexity index is 114. The third kappa shape index (κ3) is 2.76. The number of unbranched alkanes of at least 4 members (excludes halogenated alkanes) is 3. The van der Waals surface area contributed by atoms with Gasteiger partial charge < -0.3 is 10.1 Å². The average Bonchev–Trinajstić information content (AvgIpc) is 2.03. The minimum absolute atomic E-state index is 0.506. The van der Waals surface area contributed by atoms with Gasteiger partial charge in [0, 0.05) is 0 Å². The normalized spacial score (nSPS) is 28.5. The van der Waals surface area contributed by atoms with E-state index in [-0.39, 0.29) is 0 Å². The first-order chi connectivity index (χ1) is 5.88. The zero-order chi connectivity index (χ0) is 8.81. The molecule has 1 heterocycles. The summed E-state index contributed by atoms with van der Waals surface area (Å²) in [6, 6.07) is 0.631. The third-order valence-corrected chi connectivity index (χ3v) is 2.65. The summed E-state index contributed by atoms with van der Waals surface area (Å²) in [5.41, 5.74) is 0. The molecule has 2 nitrogen and oxygen atoms in total. The molecule has 2 atom stereocenters. The van der Waals surface area contributed by atoms with E-state index in [1.165, 1.54) is 32.1 Å². The van der Waals surface area contributed by atoms with Crippen molar-refractivity contribution in [2.75, 3.05) is 13.7 Å². The second kappa shape index (κ2) is 5.55. The molecular formula is C10H21NO. The van der Waals surface area contributed by atoms with Gasteiger partial charge in [0.1, 0.15) is 0 Å². The highest BCUT2D eigenvalue weighted by Crippen LogP contribution is 2.18. The Labute approximate surface area is 75.7 Å². The van der Waals surface area contributed by atoms with E-state index in [0.717, 1.165) is 6.61 Å². The molecule has 0 spiro atoms. The van der Waals surface area contributed by atoms with E-state index in [1.807, 2.05) is 7.05 Å². The van der Waals surface area contributed by atoms with Gasteiger partial charge >= 0.3 is 0 Å². The van der Waals surface area contributed by atoms with Crippen molar-refractivity contribution in [3.63, 3.8) is 0 Å². The number of rotatable bonds is 6. The molecule has 1 rings (SSSR count). The Morgan fingerprint density at radius 2 is 2.17 bits per heavy atom. The lowest BCUT2D eigenvalue weighted by molar-refractivity contribution is -0.0888. The summed E-state index contributed by atoms with van der Waals surface area (Å²) >= 11 is 0. The number of hydrogen-bond donors (Lipinski definition) is 1. The van der Waals surface area contributed by atoms with Crippen LogP contribution in [0.2, 0.25) is 0 Å². The number of hydrogen-bond acceptors (Lipinski definition) is 2. The zero-order valence-corrected chi connectivity index (χ0v) is 8.31. The summed E-state index contributed by atoms with van der Waals surface area (Å²) < 4.78 is 5.45. The van der Waals surface area contributed by atoms with Gasteiger partial charge in [-0.05, 0) is 13.5 Å². The van der Waals surface area contributed by atoms with Gasteiger partial charge in [-0.1, -0.05) is 32.6 Å². The molecule has 12 heavy (non-hydrogen) atoms. The largest absolute Gasteiger partial charge is 0.375 e. The highest BCUT2D eigenvalue weighted by Gasteiger charge is 2.29. The molecule has 2 heteroatoms. The van der Waals surface area contributed by atoms with Crippen molar-refractivity contribution in [3.8, 4) is 0 Å². The monoisotopic (exact) mass is 171 g/mol. The number of ether oxygens (including phenoxy) is 1. The molecule has 72 valence electrons. The maximum absolute atomic E-state index is 5.45. The summed E-state index contributed by atoms with van der Waals surface area (Å²) in [5, 5.41) is 3.27. The molecule has 1 aliphatic rings. The molecule has 0 aromatic heterocycles. The summed E-state index contributed by atoms with van der Waals surface area (Å²) in [6.45, 7) is 3.16. The lowest BCUT2D eigenvalue weighted by Crippen LogP contribution is -2.52. The molecule has 1 saturated heterocycles. The molecule has 1 N–H and O–H groups in total. The maximum Gasteiger partial charge on any atom is 0.0751 e. The molecule has 0 aromatic rings. The lowest BCUT2D eigenvalue weighted by Gasteiger charge is -2.36. The molecule has 1 aliphatic heterocycles. The fourth-order valence-corrected chi connectivity index (χ4v) is 1.65. The van der Waals surface area contributed by atoms with E-state index in [0.29, 0.717) is 12.1 Å². The van der Waals surface area contributed by atoms with Crippen LogP contribution in [0.15, 0.2) is 0 Å². The van der Waals surface area contributed by atoms with E-state index in [2.05, 4.69) is 12.2 Å². The Kier molecular flexibility index (Phi) is 4.62. The van der Waals surface area contributed by atoms with Gasteiger partial charge in [0.05, 0.1) is 18.8 Å². The van der Waals surface area contributed by atoms with Crippen molar-refractivity contribution in [2.45, 2.75) is 51.2 Å². The predicted octanol–water partition coefficient (Wildman–Crippen LogP) is 1.94. The highest BCUT2D eigenvalue weighted by molar-refractivity contribution is 4.83. The van der Waals surface area contributed by atoms with Crippen molar-refractivity contribution in [3.05, 3.63) is 0 Å².